The molecule has 0 bridgehead atoms. The van der Waals surface area contributed by atoms with Crippen LogP contribution in [0.3, 0.4) is 0 Å². The minimum Gasteiger partial charge on any atom is -0.494 e. The standard InChI is InChI=1S/C13H16N4O3S/c1-2-19-10-5-3-9(4-6-10)15-11(18)8-21-13-17-16-12(7-14)20-13/h3-6H,2,7-8,14H2,1H3,(H,15,18). The molecule has 0 saturated heterocycles. The predicted octanol–water partition coefficient (Wildman–Crippen LogP) is 1.66. The summed E-state index contributed by atoms with van der Waals surface area (Å²) in [6, 6.07) is 7.18. The number of benzene rings is 1. The minimum atomic E-state index is -0.156. The van der Waals surface area contributed by atoms with Crippen molar-refractivity contribution < 1.29 is 13.9 Å². The highest BCUT2D eigenvalue weighted by Crippen LogP contribution is 2.18. The Bertz CT molecular complexity index is 585. The van der Waals surface area contributed by atoms with E-state index in [1.807, 2.05) is 6.92 Å². The van der Waals surface area contributed by atoms with E-state index in [2.05, 4.69) is 15.5 Å². The van der Waals surface area contributed by atoms with Crippen LogP contribution in [0.25, 0.3) is 0 Å². The first-order valence-corrected chi connectivity index (χ1v) is 7.37. The largest absolute Gasteiger partial charge is 0.494 e. The van der Waals surface area contributed by atoms with Crippen molar-refractivity contribution in [2.45, 2.75) is 18.7 Å². The van der Waals surface area contributed by atoms with Crippen LogP contribution in [-0.4, -0.2) is 28.5 Å². The number of rotatable bonds is 7. The molecular formula is C13H16N4O3S. The molecule has 112 valence electrons. The molecule has 1 aromatic heterocycles. The molecule has 0 atom stereocenters. The first kappa shape index (κ1) is 15.3. The number of hydrogen-bond donors (Lipinski definition) is 2. The lowest BCUT2D eigenvalue weighted by Gasteiger charge is -2.06. The topological polar surface area (TPSA) is 103 Å². The number of hydrogen-bond acceptors (Lipinski definition) is 7. The summed E-state index contributed by atoms with van der Waals surface area (Å²) in [6.07, 6.45) is 0. The third-order valence-corrected chi connectivity index (χ3v) is 3.22. The normalized spacial score (nSPS) is 10.4. The number of nitrogens with zero attached hydrogens (tertiary/aromatic N) is 2. The number of nitrogens with two attached hydrogens (primary N) is 1. The van der Waals surface area contributed by atoms with Gasteiger partial charge in [-0.15, -0.1) is 10.2 Å². The molecule has 0 unspecified atom stereocenters. The Labute approximate surface area is 126 Å². The van der Waals surface area contributed by atoms with Gasteiger partial charge in [0.15, 0.2) is 0 Å². The molecule has 1 heterocycles. The van der Waals surface area contributed by atoms with Crippen LogP contribution in [0.2, 0.25) is 0 Å². The van der Waals surface area contributed by atoms with Crippen LogP contribution < -0.4 is 15.8 Å². The van der Waals surface area contributed by atoms with Crippen molar-refractivity contribution in [2.75, 3.05) is 17.7 Å². The molecule has 0 fully saturated rings. The third kappa shape index (κ3) is 4.76. The van der Waals surface area contributed by atoms with Gasteiger partial charge >= 0.3 is 0 Å². The Balaban J connectivity index is 1.81. The van der Waals surface area contributed by atoms with Crippen molar-refractivity contribution in [3.63, 3.8) is 0 Å². The zero-order valence-electron chi connectivity index (χ0n) is 11.5. The fourth-order valence-corrected chi connectivity index (χ4v) is 2.08. The second-order valence-electron chi connectivity index (χ2n) is 3.96. The molecule has 21 heavy (non-hydrogen) atoms. The molecular weight excluding hydrogens is 292 g/mol. The summed E-state index contributed by atoms with van der Waals surface area (Å²) < 4.78 is 10.5. The number of ether oxygens (including phenoxy) is 1. The number of aromatic nitrogens is 2. The van der Waals surface area contributed by atoms with Crippen molar-refractivity contribution >= 4 is 23.4 Å². The molecule has 2 rings (SSSR count). The summed E-state index contributed by atoms with van der Waals surface area (Å²) in [5, 5.41) is 10.6. The number of anilines is 1. The fourth-order valence-electron chi connectivity index (χ4n) is 1.50. The van der Waals surface area contributed by atoms with Crippen LogP contribution in [0, 0.1) is 0 Å². The summed E-state index contributed by atoms with van der Waals surface area (Å²) in [7, 11) is 0. The average molecular weight is 308 g/mol. The molecule has 7 nitrogen and oxygen atoms in total. The van der Waals surface area contributed by atoms with E-state index < -0.39 is 0 Å². The Hall–Kier alpha value is -2.06. The van der Waals surface area contributed by atoms with E-state index in [9.17, 15) is 4.79 Å². The first-order chi connectivity index (χ1) is 10.2. The molecule has 0 aliphatic rings. The molecule has 0 aliphatic heterocycles. The highest BCUT2D eigenvalue weighted by atomic mass is 32.2. The maximum absolute atomic E-state index is 11.8. The van der Waals surface area contributed by atoms with E-state index in [0.29, 0.717) is 23.4 Å². The van der Waals surface area contributed by atoms with Gasteiger partial charge in [-0.3, -0.25) is 4.79 Å². The molecule has 0 radical (unpaired) electrons. The van der Waals surface area contributed by atoms with Gasteiger partial charge in [0, 0.05) is 5.69 Å². The van der Waals surface area contributed by atoms with Crippen molar-refractivity contribution in [2.24, 2.45) is 5.73 Å². The van der Waals surface area contributed by atoms with Crippen molar-refractivity contribution in [1.29, 1.82) is 0 Å². The predicted molar refractivity (Wildman–Crippen MR) is 79.2 cm³/mol. The number of carbonyl (C=O) groups excluding carboxylic acids is 1. The smallest absolute Gasteiger partial charge is 0.277 e. The lowest BCUT2D eigenvalue weighted by molar-refractivity contribution is -0.113. The summed E-state index contributed by atoms with van der Waals surface area (Å²) in [6.45, 7) is 2.71. The lowest BCUT2D eigenvalue weighted by Crippen LogP contribution is -2.13. The quantitative estimate of drug-likeness (QED) is 0.750. The maximum atomic E-state index is 11.8. The second kappa shape index (κ2) is 7.65. The van der Waals surface area contributed by atoms with Gasteiger partial charge in [-0.05, 0) is 31.2 Å². The summed E-state index contributed by atoms with van der Waals surface area (Å²) in [4.78, 5) is 11.8. The van der Waals surface area contributed by atoms with Gasteiger partial charge in [0.1, 0.15) is 5.75 Å². The molecule has 0 spiro atoms. The van der Waals surface area contributed by atoms with Crippen molar-refractivity contribution in [1.82, 2.24) is 10.2 Å². The first-order valence-electron chi connectivity index (χ1n) is 6.39. The van der Waals surface area contributed by atoms with Crippen LogP contribution in [0.1, 0.15) is 12.8 Å². The SMILES string of the molecule is CCOc1ccc(NC(=O)CSc2nnc(CN)o2)cc1. The van der Waals surface area contributed by atoms with Gasteiger partial charge in [0.2, 0.25) is 11.8 Å². The van der Waals surface area contributed by atoms with E-state index in [1.54, 1.807) is 24.3 Å². The minimum absolute atomic E-state index is 0.156. The van der Waals surface area contributed by atoms with Crippen molar-refractivity contribution in [3.05, 3.63) is 30.2 Å². The van der Waals surface area contributed by atoms with Gasteiger partial charge in [-0.2, -0.15) is 0 Å². The van der Waals surface area contributed by atoms with E-state index in [0.717, 1.165) is 17.5 Å². The highest BCUT2D eigenvalue weighted by Gasteiger charge is 2.09. The zero-order valence-corrected chi connectivity index (χ0v) is 12.4. The summed E-state index contributed by atoms with van der Waals surface area (Å²) in [5.41, 5.74) is 6.07. The molecule has 0 aliphatic carbocycles. The van der Waals surface area contributed by atoms with E-state index in [4.69, 9.17) is 14.9 Å². The van der Waals surface area contributed by atoms with E-state index >= 15 is 0 Å². The number of amides is 1. The fraction of sp³-hybridized carbons (Fsp3) is 0.308. The Kier molecular flexibility index (Phi) is 5.59. The Morgan fingerprint density at radius 2 is 2.14 bits per heavy atom. The van der Waals surface area contributed by atoms with Crippen LogP contribution in [-0.2, 0) is 11.3 Å². The van der Waals surface area contributed by atoms with E-state index in [-0.39, 0.29) is 18.2 Å². The second-order valence-corrected chi connectivity index (χ2v) is 4.89. The number of nitrogens with one attached hydrogen (secondary N) is 1. The maximum Gasteiger partial charge on any atom is 0.277 e. The molecule has 1 aromatic carbocycles. The monoisotopic (exact) mass is 308 g/mol. The van der Waals surface area contributed by atoms with Crippen LogP contribution in [0.5, 0.6) is 5.75 Å². The van der Waals surface area contributed by atoms with Gasteiger partial charge in [0.05, 0.1) is 18.9 Å². The van der Waals surface area contributed by atoms with Gasteiger partial charge in [0.25, 0.3) is 5.22 Å². The molecule has 1 amide bonds. The molecule has 3 N–H and O–H groups in total. The van der Waals surface area contributed by atoms with Crippen LogP contribution in [0.4, 0.5) is 5.69 Å². The van der Waals surface area contributed by atoms with E-state index in [1.165, 1.54) is 0 Å². The highest BCUT2D eigenvalue weighted by molar-refractivity contribution is 7.99. The number of carbonyl (C=O) groups is 1. The molecule has 2 aromatic rings. The lowest BCUT2D eigenvalue weighted by atomic mass is 10.3. The third-order valence-electron chi connectivity index (χ3n) is 2.40. The van der Waals surface area contributed by atoms with Gasteiger partial charge in [-0.1, -0.05) is 11.8 Å². The van der Waals surface area contributed by atoms with Crippen LogP contribution >= 0.6 is 11.8 Å². The van der Waals surface area contributed by atoms with Gasteiger partial charge < -0.3 is 20.2 Å². The number of thioether (sulfide) groups is 1. The molecule has 0 saturated carbocycles. The van der Waals surface area contributed by atoms with Crippen molar-refractivity contribution in [3.8, 4) is 5.75 Å². The molecule has 8 heteroatoms. The zero-order chi connectivity index (χ0) is 15.1. The van der Waals surface area contributed by atoms with Crippen LogP contribution in [0.15, 0.2) is 33.9 Å². The summed E-state index contributed by atoms with van der Waals surface area (Å²) >= 11 is 1.16. The Morgan fingerprint density at radius 3 is 2.76 bits per heavy atom. The Morgan fingerprint density at radius 1 is 1.38 bits per heavy atom. The summed E-state index contributed by atoms with van der Waals surface area (Å²) in [5.74, 6) is 1.14. The average Bonchev–Trinajstić information content (AvgIpc) is 2.96. The van der Waals surface area contributed by atoms with Gasteiger partial charge in [-0.25, -0.2) is 0 Å².